The smallest absolute Gasteiger partial charge is 0.355 e. The number of anilines is 1. The zero-order chi connectivity index (χ0) is 22.1. The normalized spacial score (nSPS) is 19.4. The zero-order valence-corrected chi connectivity index (χ0v) is 15.8. The summed E-state index contributed by atoms with van der Waals surface area (Å²) >= 11 is 0. The van der Waals surface area contributed by atoms with Crippen molar-refractivity contribution >= 4 is 17.4 Å². The minimum absolute atomic E-state index is 0.00805. The third-order valence-electron chi connectivity index (χ3n) is 5.05. The number of nitrogens with one attached hydrogen (secondary N) is 1. The number of aryl methyl sites for hydroxylation is 1. The average molecular weight is 426 g/mol. The molecule has 1 aliphatic rings. The number of piperidine rings is 1. The van der Waals surface area contributed by atoms with E-state index in [1.165, 1.54) is 43.3 Å². The molecule has 0 radical (unpaired) electrons. The van der Waals surface area contributed by atoms with E-state index in [0.29, 0.717) is 24.3 Å². The van der Waals surface area contributed by atoms with E-state index < -0.39 is 34.8 Å². The van der Waals surface area contributed by atoms with Crippen LogP contribution in [0.25, 0.3) is 0 Å². The Morgan fingerprint density at radius 1 is 1.23 bits per heavy atom. The van der Waals surface area contributed by atoms with Crippen LogP contribution >= 0.6 is 0 Å². The highest BCUT2D eigenvalue weighted by Crippen LogP contribution is 2.32. The summed E-state index contributed by atoms with van der Waals surface area (Å²) in [5.74, 6) is -2.64. The number of alkyl halides is 3. The van der Waals surface area contributed by atoms with Crippen molar-refractivity contribution in [3.63, 3.8) is 0 Å². The molecule has 0 bridgehead atoms. The van der Waals surface area contributed by atoms with Crippen LogP contribution in [-0.4, -0.2) is 41.1 Å². The molecule has 1 aliphatic heterocycles. The highest BCUT2D eigenvalue weighted by Gasteiger charge is 2.42. The molecule has 1 N–H and O–H groups in total. The summed E-state index contributed by atoms with van der Waals surface area (Å²) < 4.78 is 51.7. The van der Waals surface area contributed by atoms with Crippen LogP contribution in [0, 0.1) is 22.9 Å². The third kappa shape index (κ3) is 4.66. The molecule has 1 aromatic carbocycles. The molecule has 0 aliphatic carbocycles. The van der Waals surface area contributed by atoms with E-state index in [1.807, 2.05) is 5.32 Å². The summed E-state index contributed by atoms with van der Waals surface area (Å²) in [6.07, 6.45) is -4.68. The molecule has 160 valence electrons. The molecular formula is C19H18F4N4O3. The maximum atomic E-state index is 13.2. The van der Waals surface area contributed by atoms with E-state index in [4.69, 9.17) is 0 Å². The van der Waals surface area contributed by atoms with Gasteiger partial charge >= 0.3 is 12.1 Å². The lowest BCUT2D eigenvalue weighted by atomic mass is 9.85. The van der Waals surface area contributed by atoms with Gasteiger partial charge in [0, 0.05) is 25.1 Å². The summed E-state index contributed by atoms with van der Waals surface area (Å²) in [6.45, 7) is 1.87. The van der Waals surface area contributed by atoms with Crippen molar-refractivity contribution in [1.82, 2.24) is 10.3 Å². The summed E-state index contributed by atoms with van der Waals surface area (Å²) in [7, 11) is 0. The predicted octanol–water partition coefficient (Wildman–Crippen LogP) is 3.48. The first kappa shape index (κ1) is 21.5. The molecule has 1 fully saturated rings. The maximum Gasteiger partial charge on any atom is 0.471 e. The fraction of sp³-hybridized carbons (Fsp3) is 0.368. The van der Waals surface area contributed by atoms with E-state index in [1.54, 1.807) is 4.90 Å². The van der Waals surface area contributed by atoms with Gasteiger partial charge in [0.15, 0.2) is 0 Å². The molecule has 2 unspecified atom stereocenters. The average Bonchev–Trinajstić information content (AvgIpc) is 2.67. The quantitative estimate of drug-likeness (QED) is 0.460. The summed E-state index contributed by atoms with van der Waals surface area (Å²) in [5.41, 5.74) is 0.618. The molecular weight excluding hydrogens is 408 g/mol. The lowest BCUT2D eigenvalue weighted by Gasteiger charge is -2.40. The molecule has 30 heavy (non-hydrogen) atoms. The summed E-state index contributed by atoms with van der Waals surface area (Å²) in [5, 5.41) is 13.0. The third-order valence-corrected chi connectivity index (χ3v) is 5.05. The van der Waals surface area contributed by atoms with Crippen LogP contribution in [0.5, 0.6) is 0 Å². The van der Waals surface area contributed by atoms with Crippen LogP contribution in [0.3, 0.4) is 0 Å². The second-order valence-corrected chi connectivity index (χ2v) is 7.00. The van der Waals surface area contributed by atoms with Crippen molar-refractivity contribution in [3.8, 4) is 0 Å². The van der Waals surface area contributed by atoms with Crippen LogP contribution < -0.4 is 10.2 Å². The van der Waals surface area contributed by atoms with Gasteiger partial charge in [0.2, 0.25) is 0 Å². The zero-order valence-electron chi connectivity index (χ0n) is 15.8. The molecule has 1 saturated heterocycles. The number of hydrogen-bond donors (Lipinski definition) is 1. The van der Waals surface area contributed by atoms with Crippen LogP contribution in [0.1, 0.15) is 23.6 Å². The number of rotatable bonds is 4. The molecule has 3 rings (SSSR count). The Bertz CT molecular complexity index is 950. The van der Waals surface area contributed by atoms with Crippen molar-refractivity contribution in [3.05, 3.63) is 63.6 Å². The standard InChI is InChI=1S/C19H18F4N4O3/c1-11-16(27(29)30)6-7-17(24-11)26-9-8-14(12-2-4-13(20)5-3-12)15(10-26)25-18(28)19(21,22)23/h2-7,14-15H,8-10H2,1H3,(H,25,28). The van der Waals surface area contributed by atoms with Gasteiger partial charge in [-0.3, -0.25) is 14.9 Å². The first-order valence-electron chi connectivity index (χ1n) is 9.06. The van der Waals surface area contributed by atoms with Gasteiger partial charge in [0.25, 0.3) is 5.69 Å². The van der Waals surface area contributed by atoms with E-state index in [2.05, 4.69) is 4.98 Å². The van der Waals surface area contributed by atoms with Gasteiger partial charge in [-0.05, 0) is 37.1 Å². The van der Waals surface area contributed by atoms with Crippen molar-refractivity contribution in [1.29, 1.82) is 0 Å². The number of nitrogens with zero attached hydrogens (tertiary/aromatic N) is 3. The Hall–Kier alpha value is -3.24. The molecule has 0 spiro atoms. The topological polar surface area (TPSA) is 88.4 Å². The monoisotopic (exact) mass is 426 g/mol. The molecule has 1 aromatic heterocycles. The maximum absolute atomic E-state index is 13.2. The molecule has 7 nitrogen and oxygen atoms in total. The summed E-state index contributed by atoms with van der Waals surface area (Å²) in [4.78, 5) is 27.8. The van der Waals surface area contributed by atoms with Gasteiger partial charge in [-0.2, -0.15) is 13.2 Å². The Labute approximate surface area is 168 Å². The van der Waals surface area contributed by atoms with Gasteiger partial charge in [-0.15, -0.1) is 0 Å². The largest absolute Gasteiger partial charge is 0.471 e. The van der Waals surface area contributed by atoms with Crippen molar-refractivity contribution in [2.45, 2.75) is 31.5 Å². The molecule has 2 aromatic rings. The molecule has 1 amide bonds. The molecule has 11 heteroatoms. The van der Waals surface area contributed by atoms with Crippen LogP contribution in [0.4, 0.5) is 29.1 Å². The van der Waals surface area contributed by atoms with E-state index in [0.717, 1.165) is 0 Å². The van der Waals surface area contributed by atoms with Crippen molar-refractivity contribution < 1.29 is 27.3 Å². The number of benzene rings is 1. The lowest BCUT2D eigenvalue weighted by molar-refractivity contribution is -0.385. The number of pyridine rings is 1. The Kier molecular flexibility index (Phi) is 5.90. The minimum atomic E-state index is -5.04. The second kappa shape index (κ2) is 8.25. The number of aromatic nitrogens is 1. The highest BCUT2D eigenvalue weighted by atomic mass is 19.4. The van der Waals surface area contributed by atoms with Gasteiger partial charge in [-0.1, -0.05) is 12.1 Å². The van der Waals surface area contributed by atoms with Gasteiger partial charge in [0.1, 0.15) is 17.3 Å². The first-order chi connectivity index (χ1) is 14.1. The Morgan fingerprint density at radius 2 is 1.90 bits per heavy atom. The first-order valence-corrected chi connectivity index (χ1v) is 9.06. The number of carbonyl (C=O) groups excluding carboxylic acids is 1. The number of amides is 1. The number of hydrogen-bond acceptors (Lipinski definition) is 5. The second-order valence-electron chi connectivity index (χ2n) is 7.00. The van der Waals surface area contributed by atoms with Gasteiger partial charge < -0.3 is 10.2 Å². The van der Waals surface area contributed by atoms with Crippen LogP contribution in [0.2, 0.25) is 0 Å². The Morgan fingerprint density at radius 3 is 2.47 bits per heavy atom. The number of halogens is 4. The van der Waals surface area contributed by atoms with Crippen LogP contribution in [0.15, 0.2) is 36.4 Å². The fourth-order valence-corrected chi connectivity index (χ4v) is 3.58. The van der Waals surface area contributed by atoms with Crippen LogP contribution in [-0.2, 0) is 4.79 Å². The number of nitro groups is 1. The molecule has 0 saturated carbocycles. The minimum Gasteiger partial charge on any atom is -0.355 e. The van der Waals surface area contributed by atoms with Gasteiger partial charge in [-0.25, -0.2) is 9.37 Å². The Balaban J connectivity index is 1.87. The number of carbonyl (C=O) groups is 1. The lowest BCUT2D eigenvalue weighted by Crippen LogP contribution is -2.54. The van der Waals surface area contributed by atoms with Gasteiger partial charge in [0.05, 0.1) is 11.0 Å². The SMILES string of the molecule is Cc1nc(N2CCC(c3ccc(F)cc3)C(NC(=O)C(F)(F)F)C2)ccc1[N+](=O)[O-]. The van der Waals surface area contributed by atoms with Crippen molar-refractivity contribution in [2.75, 3.05) is 18.0 Å². The summed E-state index contributed by atoms with van der Waals surface area (Å²) in [6, 6.07) is 7.18. The highest BCUT2D eigenvalue weighted by molar-refractivity contribution is 5.82. The predicted molar refractivity (Wildman–Crippen MR) is 99.6 cm³/mol. The van der Waals surface area contributed by atoms with E-state index in [9.17, 15) is 32.5 Å². The van der Waals surface area contributed by atoms with E-state index in [-0.39, 0.29) is 17.9 Å². The molecule has 2 atom stereocenters. The van der Waals surface area contributed by atoms with Crippen molar-refractivity contribution in [2.24, 2.45) is 0 Å². The fourth-order valence-electron chi connectivity index (χ4n) is 3.58. The molecule has 2 heterocycles. The van der Waals surface area contributed by atoms with E-state index >= 15 is 0 Å².